The second-order valence-electron chi connectivity index (χ2n) is 4.84. The minimum absolute atomic E-state index is 0.0994. The van der Waals surface area contributed by atoms with E-state index in [1.165, 1.54) is 18.2 Å². The molecule has 1 aliphatic rings. The number of carboxylic acid groups (broad SMARTS) is 1. The van der Waals surface area contributed by atoms with E-state index >= 15 is 0 Å². The molecular weight excluding hydrogens is 264 g/mol. The number of hydrogen-bond donors (Lipinski definition) is 2. The van der Waals surface area contributed by atoms with Gasteiger partial charge in [-0.1, -0.05) is 6.07 Å². The summed E-state index contributed by atoms with van der Waals surface area (Å²) in [6.07, 6.45) is 1.33. The van der Waals surface area contributed by atoms with E-state index in [2.05, 4.69) is 5.32 Å². The number of aliphatic carboxylic acids is 1. The molecule has 1 aromatic carbocycles. The fourth-order valence-corrected chi connectivity index (χ4v) is 2.39. The summed E-state index contributed by atoms with van der Waals surface area (Å²) in [5.41, 5.74) is 0.251. The van der Waals surface area contributed by atoms with E-state index in [4.69, 9.17) is 5.11 Å². The highest BCUT2D eigenvalue weighted by Gasteiger charge is 2.33. The highest BCUT2D eigenvalue weighted by atomic mass is 16.6. The fraction of sp³-hybridized carbons (Fsp3) is 0.385. The Morgan fingerprint density at radius 1 is 1.30 bits per heavy atom. The maximum atomic E-state index is 12.0. The van der Waals surface area contributed by atoms with Crippen LogP contribution in [0.3, 0.4) is 0 Å². The quantitative estimate of drug-likeness (QED) is 0.646. The van der Waals surface area contributed by atoms with E-state index in [9.17, 15) is 19.7 Å². The monoisotopic (exact) mass is 278 g/mol. The first-order valence-electron chi connectivity index (χ1n) is 6.25. The van der Waals surface area contributed by atoms with Crippen LogP contribution in [-0.2, 0) is 9.59 Å². The smallest absolute Gasteiger partial charge is 0.306 e. The average Bonchev–Trinajstić information content (AvgIpc) is 2.88. The molecule has 0 aromatic heterocycles. The van der Waals surface area contributed by atoms with Gasteiger partial charge in [-0.2, -0.15) is 0 Å². The normalized spacial score (nSPS) is 21.4. The molecule has 2 atom stereocenters. The van der Waals surface area contributed by atoms with E-state index < -0.39 is 16.8 Å². The van der Waals surface area contributed by atoms with Crippen LogP contribution in [0.2, 0.25) is 0 Å². The van der Waals surface area contributed by atoms with Gasteiger partial charge in [0, 0.05) is 23.7 Å². The third-order valence-corrected chi connectivity index (χ3v) is 3.48. The van der Waals surface area contributed by atoms with Crippen molar-refractivity contribution < 1.29 is 19.6 Å². The number of hydrogen-bond acceptors (Lipinski definition) is 4. The number of nitrogens with zero attached hydrogens (tertiary/aromatic N) is 1. The summed E-state index contributed by atoms with van der Waals surface area (Å²) < 4.78 is 0. The van der Waals surface area contributed by atoms with Crippen LogP contribution in [0.15, 0.2) is 24.3 Å². The van der Waals surface area contributed by atoms with Crippen LogP contribution in [0.4, 0.5) is 11.4 Å². The van der Waals surface area contributed by atoms with Gasteiger partial charge in [-0.05, 0) is 25.3 Å². The molecule has 2 N–H and O–H groups in total. The number of benzene rings is 1. The van der Waals surface area contributed by atoms with Crippen LogP contribution in [-0.4, -0.2) is 21.9 Å². The van der Waals surface area contributed by atoms with Gasteiger partial charge >= 0.3 is 5.97 Å². The molecule has 0 radical (unpaired) electrons. The van der Waals surface area contributed by atoms with E-state index in [1.54, 1.807) is 6.07 Å². The molecule has 106 valence electrons. The Balaban J connectivity index is 2.00. The van der Waals surface area contributed by atoms with Crippen LogP contribution in [0.1, 0.15) is 19.3 Å². The standard InChI is InChI=1S/C13H14N2O5/c16-12(8-4-5-9(6-8)13(17)18)14-10-2-1-3-11(7-10)15(19)20/h1-3,7-9H,4-6H2,(H,14,16)(H,17,18). The number of rotatable bonds is 4. The van der Waals surface area contributed by atoms with Crippen molar-refractivity contribution in [2.75, 3.05) is 5.32 Å². The predicted molar refractivity (Wildman–Crippen MR) is 70.2 cm³/mol. The summed E-state index contributed by atoms with van der Waals surface area (Å²) in [6, 6.07) is 5.67. The molecule has 1 aliphatic carbocycles. The number of nitrogens with one attached hydrogen (secondary N) is 1. The van der Waals surface area contributed by atoms with Crippen LogP contribution in [0, 0.1) is 22.0 Å². The third-order valence-electron chi connectivity index (χ3n) is 3.48. The van der Waals surface area contributed by atoms with Crippen LogP contribution >= 0.6 is 0 Å². The lowest BCUT2D eigenvalue weighted by atomic mass is 10.0. The molecular formula is C13H14N2O5. The summed E-state index contributed by atoms with van der Waals surface area (Å²) in [5.74, 6) is -1.99. The summed E-state index contributed by atoms with van der Waals surface area (Å²) >= 11 is 0. The second kappa shape index (κ2) is 5.68. The van der Waals surface area contributed by atoms with Gasteiger partial charge in [0.1, 0.15) is 0 Å². The molecule has 20 heavy (non-hydrogen) atoms. The molecule has 1 aromatic rings. The SMILES string of the molecule is O=C(O)C1CCC(C(=O)Nc2cccc([N+](=O)[O-])c2)C1. The largest absolute Gasteiger partial charge is 0.481 e. The lowest BCUT2D eigenvalue weighted by Crippen LogP contribution is -2.21. The molecule has 7 nitrogen and oxygen atoms in total. The number of nitro groups is 1. The number of anilines is 1. The predicted octanol–water partition coefficient (Wildman–Crippen LogP) is 2.03. The van der Waals surface area contributed by atoms with E-state index in [0.29, 0.717) is 24.9 Å². The first-order valence-corrected chi connectivity index (χ1v) is 6.25. The Hall–Kier alpha value is -2.44. The van der Waals surface area contributed by atoms with Gasteiger partial charge in [-0.3, -0.25) is 19.7 Å². The molecule has 0 saturated heterocycles. The minimum atomic E-state index is -0.879. The van der Waals surface area contributed by atoms with Gasteiger partial charge in [0.05, 0.1) is 10.8 Å². The Bertz CT molecular complexity index is 557. The topological polar surface area (TPSA) is 110 Å². The summed E-state index contributed by atoms with van der Waals surface area (Å²) in [4.78, 5) is 32.9. The molecule has 1 amide bonds. The molecule has 1 saturated carbocycles. The van der Waals surface area contributed by atoms with Crippen LogP contribution in [0.5, 0.6) is 0 Å². The fourth-order valence-electron chi connectivity index (χ4n) is 2.39. The van der Waals surface area contributed by atoms with Crippen molar-refractivity contribution in [2.45, 2.75) is 19.3 Å². The third kappa shape index (κ3) is 3.11. The first kappa shape index (κ1) is 14.0. The van der Waals surface area contributed by atoms with Gasteiger partial charge < -0.3 is 10.4 Å². The molecule has 1 fully saturated rings. The number of carboxylic acids is 1. The lowest BCUT2D eigenvalue weighted by molar-refractivity contribution is -0.384. The van der Waals surface area contributed by atoms with Gasteiger partial charge in [0.2, 0.25) is 5.91 Å². The van der Waals surface area contributed by atoms with Crippen LogP contribution < -0.4 is 5.32 Å². The number of nitro benzene ring substituents is 1. The molecule has 7 heteroatoms. The maximum absolute atomic E-state index is 12.0. The molecule has 2 unspecified atom stereocenters. The van der Waals surface area contributed by atoms with E-state index in [-0.39, 0.29) is 17.5 Å². The molecule has 0 bridgehead atoms. The summed E-state index contributed by atoms with van der Waals surface area (Å²) in [7, 11) is 0. The molecule has 0 heterocycles. The van der Waals surface area contributed by atoms with E-state index in [1.807, 2.05) is 0 Å². The molecule has 2 rings (SSSR count). The summed E-state index contributed by atoms with van der Waals surface area (Å²) in [5, 5.41) is 22.1. The minimum Gasteiger partial charge on any atom is -0.481 e. The molecule has 0 spiro atoms. The van der Waals surface area contributed by atoms with E-state index in [0.717, 1.165) is 0 Å². The first-order chi connectivity index (χ1) is 9.47. The van der Waals surface area contributed by atoms with Crippen molar-refractivity contribution >= 4 is 23.3 Å². The van der Waals surface area contributed by atoms with Crippen molar-refractivity contribution in [2.24, 2.45) is 11.8 Å². The zero-order valence-electron chi connectivity index (χ0n) is 10.6. The number of carbonyl (C=O) groups is 2. The number of non-ortho nitro benzene ring substituents is 1. The van der Waals surface area contributed by atoms with Gasteiger partial charge in [-0.25, -0.2) is 0 Å². The highest BCUT2D eigenvalue weighted by molar-refractivity contribution is 5.93. The average molecular weight is 278 g/mol. The van der Waals surface area contributed by atoms with Gasteiger partial charge in [-0.15, -0.1) is 0 Å². The summed E-state index contributed by atoms with van der Waals surface area (Å²) in [6.45, 7) is 0. The number of carbonyl (C=O) groups excluding carboxylic acids is 1. The van der Waals surface area contributed by atoms with Crippen molar-refractivity contribution in [3.05, 3.63) is 34.4 Å². The Morgan fingerprint density at radius 2 is 2.00 bits per heavy atom. The molecule has 0 aliphatic heterocycles. The van der Waals surface area contributed by atoms with Crippen LogP contribution in [0.25, 0.3) is 0 Å². The van der Waals surface area contributed by atoms with Crippen molar-refractivity contribution in [1.82, 2.24) is 0 Å². The van der Waals surface area contributed by atoms with Crippen molar-refractivity contribution in [3.63, 3.8) is 0 Å². The second-order valence-corrected chi connectivity index (χ2v) is 4.84. The highest BCUT2D eigenvalue weighted by Crippen LogP contribution is 2.32. The van der Waals surface area contributed by atoms with Gasteiger partial charge in [0.15, 0.2) is 0 Å². The van der Waals surface area contributed by atoms with Crippen molar-refractivity contribution in [1.29, 1.82) is 0 Å². The lowest BCUT2D eigenvalue weighted by Gasteiger charge is -2.10. The zero-order chi connectivity index (χ0) is 14.7. The van der Waals surface area contributed by atoms with Gasteiger partial charge in [0.25, 0.3) is 5.69 Å². The number of amides is 1. The van der Waals surface area contributed by atoms with Crippen molar-refractivity contribution in [3.8, 4) is 0 Å². The Labute approximate surface area is 114 Å². The Kier molecular flexibility index (Phi) is 3.97. The Morgan fingerprint density at radius 3 is 2.60 bits per heavy atom. The zero-order valence-corrected chi connectivity index (χ0v) is 10.6. The maximum Gasteiger partial charge on any atom is 0.306 e.